The molecule has 0 saturated heterocycles. The molecule has 0 spiro atoms. The zero-order chi connectivity index (χ0) is 18.1. The van der Waals surface area contributed by atoms with Gasteiger partial charge in [-0.15, -0.1) is 0 Å². The van der Waals surface area contributed by atoms with Crippen LogP contribution in [0.2, 0.25) is 5.02 Å². The van der Waals surface area contributed by atoms with Gasteiger partial charge in [0.1, 0.15) is 13.2 Å². The predicted molar refractivity (Wildman–Crippen MR) is 98.4 cm³/mol. The van der Waals surface area contributed by atoms with Crippen molar-refractivity contribution in [1.29, 1.82) is 0 Å². The van der Waals surface area contributed by atoms with Gasteiger partial charge in [0, 0.05) is 10.6 Å². The maximum Gasteiger partial charge on any atom is 0.252 e. The molecule has 1 N–H and O–H groups in total. The lowest BCUT2D eigenvalue weighted by molar-refractivity contribution is 0.0821. The maximum absolute atomic E-state index is 13.0. The number of carbonyl (C=O) groups excluding carboxylic acids is 1. The summed E-state index contributed by atoms with van der Waals surface area (Å²) in [6.45, 7) is 0.921. The molecule has 1 aliphatic heterocycles. The minimum atomic E-state index is -0.345. The minimum Gasteiger partial charge on any atom is -0.493 e. The second-order valence-electron chi connectivity index (χ2n) is 6.60. The van der Waals surface area contributed by atoms with Gasteiger partial charge in [0.05, 0.1) is 12.6 Å². The molecule has 0 radical (unpaired) electrons. The number of benzene rings is 2. The molecular weight excluding hydrogens is 354 g/mol. The Bertz CT molecular complexity index is 813. The minimum absolute atomic E-state index is 0.157. The Kier molecular flexibility index (Phi) is 4.41. The molecule has 2 aromatic rings. The number of nitrogens with one attached hydrogen (secondary N) is 1. The molecule has 1 amide bonds. The predicted octanol–water partition coefficient (Wildman–Crippen LogP) is 3.93. The van der Waals surface area contributed by atoms with E-state index in [0.717, 1.165) is 24.8 Å². The van der Waals surface area contributed by atoms with E-state index in [0.29, 0.717) is 41.0 Å². The number of halogens is 1. The molecule has 2 aliphatic rings. The lowest BCUT2D eigenvalue weighted by Gasteiger charge is -2.43. The van der Waals surface area contributed by atoms with Crippen molar-refractivity contribution in [2.45, 2.75) is 24.8 Å². The van der Waals surface area contributed by atoms with E-state index in [9.17, 15) is 4.79 Å². The summed E-state index contributed by atoms with van der Waals surface area (Å²) in [6, 6.07) is 11.1. The Morgan fingerprint density at radius 3 is 2.54 bits per heavy atom. The van der Waals surface area contributed by atoms with Gasteiger partial charge in [-0.3, -0.25) is 4.79 Å². The zero-order valence-electron chi connectivity index (χ0n) is 14.5. The van der Waals surface area contributed by atoms with Gasteiger partial charge in [0.25, 0.3) is 5.91 Å². The van der Waals surface area contributed by atoms with E-state index in [4.69, 9.17) is 25.8 Å². The molecule has 1 fully saturated rings. The van der Waals surface area contributed by atoms with Crippen LogP contribution in [0, 0.1) is 0 Å². The van der Waals surface area contributed by atoms with Crippen LogP contribution in [0.3, 0.4) is 0 Å². The Labute approximate surface area is 157 Å². The average Bonchev–Trinajstić information content (AvgIpc) is 2.64. The van der Waals surface area contributed by atoms with Crippen LogP contribution in [0.25, 0.3) is 0 Å². The standard InChI is InChI=1S/C20H20ClNO4/c1-24-16-11-13(12-17-18(16)26-10-9-25-17)19(23)22-20(7-2-8-20)14-3-5-15(21)6-4-14/h3-6,11-12H,2,7-10H2,1H3,(H,22,23). The molecular formula is C20H20ClNO4. The third-order valence-electron chi connectivity index (χ3n) is 5.05. The zero-order valence-corrected chi connectivity index (χ0v) is 15.3. The highest BCUT2D eigenvalue weighted by molar-refractivity contribution is 6.30. The topological polar surface area (TPSA) is 56.8 Å². The monoisotopic (exact) mass is 373 g/mol. The lowest BCUT2D eigenvalue weighted by atomic mass is 9.71. The molecule has 0 bridgehead atoms. The normalized spacial score (nSPS) is 17.2. The van der Waals surface area contributed by atoms with E-state index in [-0.39, 0.29) is 11.4 Å². The number of methoxy groups -OCH3 is 1. The van der Waals surface area contributed by atoms with Crippen molar-refractivity contribution >= 4 is 17.5 Å². The number of ether oxygens (including phenoxy) is 3. The molecule has 26 heavy (non-hydrogen) atoms. The van der Waals surface area contributed by atoms with Gasteiger partial charge in [-0.1, -0.05) is 23.7 Å². The van der Waals surface area contributed by atoms with Gasteiger partial charge in [-0.25, -0.2) is 0 Å². The summed E-state index contributed by atoms with van der Waals surface area (Å²) < 4.78 is 16.6. The second-order valence-corrected chi connectivity index (χ2v) is 7.04. The number of rotatable bonds is 4. The number of fused-ring (bicyclic) bond motifs is 1. The maximum atomic E-state index is 13.0. The Morgan fingerprint density at radius 1 is 1.15 bits per heavy atom. The van der Waals surface area contributed by atoms with Gasteiger partial charge in [-0.05, 0) is 49.1 Å². The molecule has 4 rings (SSSR count). The van der Waals surface area contributed by atoms with Crippen LogP contribution in [0.5, 0.6) is 17.2 Å². The second kappa shape index (κ2) is 6.72. The SMILES string of the molecule is COc1cc(C(=O)NC2(c3ccc(Cl)cc3)CCC2)cc2c1OCCO2. The average molecular weight is 374 g/mol. The van der Waals surface area contributed by atoms with E-state index in [1.165, 1.54) is 0 Å². The van der Waals surface area contributed by atoms with E-state index < -0.39 is 0 Å². The van der Waals surface area contributed by atoms with Crippen LogP contribution in [0.15, 0.2) is 36.4 Å². The highest BCUT2D eigenvalue weighted by Gasteiger charge is 2.40. The molecule has 1 aliphatic carbocycles. The van der Waals surface area contributed by atoms with E-state index in [1.54, 1.807) is 19.2 Å². The van der Waals surface area contributed by atoms with Gasteiger partial charge in [0.2, 0.25) is 5.75 Å². The van der Waals surface area contributed by atoms with Crippen LogP contribution in [0.1, 0.15) is 35.2 Å². The Balaban J connectivity index is 1.62. The molecule has 5 nitrogen and oxygen atoms in total. The summed E-state index contributed by atoms with van der Waals surface area (Å²) in [5.74, 6) is 1.43. The largest absolute Gasteiger partial charge is 0.493 e. The molecule has 0 unspecified atom stereocenters. The summed E-state index contributed by atoms with van der Waals surface area (Å²) in [4.78, 5) is 13.0. The third-order valence-corrected chi connectivity index (χ3v) is 5.30. The summed E-state index contributed by atoms with van der Waals surface area (Å²) >= 11 is 6.00. The number of carbonyl (C=O) groups is 1. The van der Waals surface area contributed by atoms with E-state index in [2.05, 4.69) is 5.32 Å². The molecule has 0 aromatic heterocycles. The van der Waals surface area contributed by atoms with Crippen LogP contribution >= 0.6 is 11.6 Å². The first-order valence-electron chi connectivity index (χ1n) is 8.67. The first kappa shape index (κ1) is 17.0. The van der Waals surface area contributed by atoms with Crippen molar-refractivity contribution in [3.63, 3.8) is 0 Å². The van der Waals surface area contributed by atoms with Gasteiger partial charge in [0.15, 0.2) is 11.5 Å². The van der Waals surface area contributed by atoms with E-state index in [1.807, 2.05) is 24.3 Å². The summed E-state index contributed by atoms with van der Waals surface area (Å²) in [6.07, 6.45) is 2.89. The number of amides is 1. The summed E-state index contributed by atoms with van der Waals surface area (Å²) in [5.41, 5.74) is 1.22. The van der Waals surface area contributed by atoms with Crippen LogP contribution in [0.4, 0.5) is 0 Å². The molecule has 0 atom stereocenters. The van der Waals surface area contributed by atoms with Crippen LogP contribution in [-0.4, -0.2) is 26.2 Å². The molecule has 2 aromatic carbocycles. The van der Waals surface area contributed by atoms with Crippen molar-refractivity contribution in [3.05, 3.63) is 52.5 Å². The fourth-order valence-corrected chi connectivity index (χ4v) is 3.60. The fraction of sp³-hybridized carbons (Fsp3) is 0.350. The highest BCUT2D eigenvalue weighted by atomic mass is 35.5. The quantitative estimate of drug-likeness (QED) is 0.882. The van der Waals surface area contributed by atoms with Gasteiger partial charge < -0.3 is 19.5 Å². The van der Waals surface area contributed by atoms with Crippen molar-refractivity contribution in [3.8, 4) is 17.2 Å². The van der Waals surface area contributed by atoms with Crippen molar-refractivity contribution < 1.29 is 19.0 Å². The first-order chi connectivity index (χ1) is 12.6. The van der Waals surface area contributed by atoms with Crippen LogP contribution < -0.4 is 19.5 Å². The molecule has 136 valence electrons. The molecule has 1 saturated carbocycles. The first-order valence-corrected chi connectivity index (χ1v) is 9.05. The van der Waals surface area contributed by atoms with Crippen LogP contribution in [-0.2, 0) is 5.54 Å². The Hall–Kier alpha value is -2.40. The Morgan fingerprint density at radius 2 is 1.88 bits per heavy atom. The highest BCUT2D eigenvalue weighted by Crippen LogP contribution is 2.43. The molecule has 1 heterocycles. The summed E-state index contributed by atoms with van der Waals surface area (Å²) in [5, 5.41) is 3.89. The third kappa shape index (κ3) is 2.97. The fourth-order valence-electron chi connectivity index (χ4n) is 3.48. The number of hydrogen-bond donors (Lipinski definition) is 1. The van der Waals surface area contributed by atoms with Gasteiger partial charge in [-0.2, -0.15) is 0 Å². The summed E-state index contributed by atoms with van der Waals surface area (Å²) in [7, 11) is 1.55. The van der Waals surface area contributed by atoms with Gasteiger partial charge >= 0.3 is 0 Å². The van der Waals surface area contributed by atoms with Crippen molar-refractivity contribution in [1.82, 2.24) is 5.32 Å². The number of hydrogen-bond acceptors (Lipinski definition) is 4. The van der Waals surface area contributed by atoms with E-state index >= 15 is 0 Å². The van der Waals surface area contributed by atoms with Crippen molar-refractivity contribution in [2.24, 2.45) is 0 Å². The smallest absolute Gasteiger partial charge is 0.252 e. The molecule has 6 heteroatoms. The lowest BCUT2D eigenvalue weighted by Crippen LogP contribution is -2.50. The van der Waals surface area contributed by atoms with Crippen molar-refractivity contribution in [2.75, 3.05) is 20.3 Å².